The second-order valence-corrected chi connectivity index (χ2v) is 4.99. The van der Waals surface area contributed by atoms with Crippen LogP contribution >= 0.6 is 15.9 Å². The van der Waals surface area contributed by atoms with Crippen LogP contribution in [0.5, 0.6) is 0 Å². The van der Waals surface area contributed by atoms with E-state index in [9.17, 15) is 14.9 Å². The SMILES string of the molecule is Cc1cc(Br)c(NC(=O)C2CC2)cc1[N+](=O)[O-]. The molecule has 1 N–H and O–H groups in total. The zero-order valence-electron chi connectivity index (χ0n) is 9.20. The second kappa shape index (κ2) is 4.44. The van der Waals surface area contributed by atoms with Crippen LogP contribution in [0.3, 0.4) is 0 Å². The summed E-state index contributed by atoms with van der Waals surface area (Å²) in [5, 5.41) is 13.5. The molecule has 1 aliphatic rings. The van der Waals surface area contributed by atoms with E-state index >= 15 is 0 Å². The minimum absolute atomic E-state index is 0.0132. The maximum Gasteiger partial charge on any atom is 0.274 e. The van der Waals surface area contributed by atoms with E-state index < -0.39 is 4.92 Å². The molecule has 0 aliphatic heterocycles. The lowest BCUT2D eigenvalue weighted by molar-refractivity contribution is -0.385. The summed E-state index contributed by atoms with van der Waals surface area (Å²) < 4.78 is 0.662. The minimum Gasteiger partial charge on any atom is -0.325 e. The van der Waals surface area contributed by atoms with Gasteiger partial charge in [0.2, 0.25) is 5.91 Å². The number of carbonyl (C=O) groups excluding carboxylic acids is 1. The summed E-state index contributed by atoms with van der Waals surface area (Å²) in [5.41, 5.74) is 1.03. The highest BCUT2D eigenvalue weighted by Gasteiger charge is 2.30. The van der Waals surface area contributed by atoms with Gasteiger partial charge in [-0.25, -0.2) is 0 Å². The largest absolute Gasteiger partial charge is 0.325 e. The van der Waals surface area contributed by atoms with Gasteiger partial charge >= 0.3 is 0 Å². The van der Waals surface area contributed by atoms with E-state index in [1.807, 2.05) is 0 Å². The van der Waals surface area contributed by atoms with Crippen LogP contribution in [0.25, 0.3) is 0 Å². The highest BCUT2D eigenvalue weighted by atomic mass is 79.9. The number of rotatable bonds is 3. The Morgan fingerprint density at radius 3 is 2.71 bits per heavy atom. The summed E-state index contributed by atoms with van der Waals surface area (Å²) in [5.74, 6) is 0.00566. The molecule has 90 valence electrons. The van der Waals surface area contributed by atoms with E-state index in [1.165, 1.54) is 6.07 Å². The van der Waals surface area contributed by atoms with Crippen molar-refractivity contribution in [2.24, 2.45) is 5.92 Å². The molecular formula is C11H11BrN2O3. The molecule has 0 aromatic heterocycles. The lowest BCUT2D eigenvalue weighted by Gasteiger charge is -2.08. The summed E-state index contributed by atoms with van der Waals surface area (Å²) in [4.78, 5) is 21.9. The van der Waals surface area contributed by atoms with E-state index in [1.54, 1.807) is 13.0 Å². The number of nitro benzene ring substituents is 1. The fraction of sp³-hybridized carbons (Fsp3) is 0.364. The quantitative estimate of drug-likeness (QED) is 0.688. The molecule has 0 radical (unpaired) electrons. The lowest BCUT2D eigenvalue weighted by Crippen LogP contribution is -2.14. The van der Waals surface area contributed by atoms with Crippen molar-refractivity contribution in [3.8, 4) is 0 Å². The third-order valence-corrected chi connectivity index (χ3v) is 3.34. The van der Waals surface area contributed by atoms with Gasteiger partial charge in [0.05, 0.1) is 10.6 Å². The number of amides is 1. The summed E-state index contributed by atoms with van der Waals surface area (Å²) in [7, 11) is 0. The van der Waals surface area contributed by atoms with Gasteiger partial charge in [0.25, 0.3) is 5.69 Å². The van der Waals surface area contributed by atoms with Crippen LogP contribution in [-0.4, -0.2) is 10.8 Å². The minimum atomic E-state index is -0.450. The van der Waals surface area contributed by atoms with Crippen LogP contribution in [0.4, 0.5) is 11.4 Å². The number of aryl methyl sites for hydroxylation is 1. The predicted molar refractivity (Wildman–Crippen MR) is 66.9 cm³/mol. The molecular weight excluding hydrogens is 288 g/mol. The number of nitro groups is 1. The molecule has 0 saturated heterocycles. The molecule has 0 atom stereocenters. The Hall–Kier alpha value is -1.43. The van der Waals surface area contributed by atoms with Gasteiger partial charge in [-0.05, 0) is 41.8 Å². The Morgan fingerprint density at radius 1 is 1.53 bits per heavy atom. The molecule has 0 unspecified atom stereocenters. The van der Waals surface area contributed by atoms with E-state index in [0.29, 0.717) is 15.7 Å². The molecule has 17 heavy (non-hydrogen) atoms. The number of nitrogens with zero attached hydrogens (tertiary/aromatic N) is 1. The summed E-state index contributed by atoms with van der Waals surface area (Å²) in [6, 6.07) is 3.03. The van der Waals surface area contributed by atoms with Crippen molar-refractivity contribution in [3.63, 3.8) is 0 Å². The number of benzene rings is 1. The van der Waals surface area contributed by atoms with Crippen molar-refractivity contribution in [3.05, 3.63) is 32.3 Å². The third kappa shape index (κ3) is 2.63. The van der Waals surface area contributed by atoms with Crippen LogP contribution in [0.2, 0.25) is 0 Å². The van der Waals surface area contributed by atoms with Gasteiger partial charge in [-0.1, -0.05) is 0 Å². The number of anilines is 1. The summed E-state index contributed by atoms with van der Waals surface area (Å²) >= 11 is 3.29. The molecule has 1 aromatic carbocycles. The molecule has 1 aromatic rings. The molecule has 1 aliphatic carbocycles. The van der Waals surface area contributed by atoms with Crippen molar-refractivity contribution in [1.29, 1.82) is 0 Å². The van der Waals surface area contributed by atoms with Crippen molar-refractivity contribution >= 4 is 33.2 Å². The Kier molecular flexibility index (Phi) is 3.15. The average molecular weight is 299 g/mol. The van der Waals surface area contributed by atoms with Crippen LogP contribution in [0.15, 0.2) is 16.6 Å². The van der Waals surface area contributed by atoms with Gasteiger partial charge in [0.1, 0.15) is 0 Å². The normalized spacial score (nSPS) is 14.5. The fourth-order valence-corrected chi connectivity index (χ4v) is 2.09. The first kappa shape index (κ1) is 12.0. The van der Waals surface area contributed by atoms with Crippen LogP contribution < -0.4 is 5.32 Å². The number of carbonyl (C=O) groups is 1. The van der Waals surface area contributed by atoms with E-state index in [4.69, 9.17) is 0 Å². The second-order valence-electron chi connectivity index (χ2n) is 4.14. The van der Waals surface area contributed by atoms with Gasteiger partial charge < -0.3 is 5.32 Å². The standard InChI is InChI=1S/C11H11BrN2O3/c1-6-4-8(12)9(5-10(6)14(16)17)13-11(15)7-2-3-7/h4-5,7H,2-3H2,1H3,(H,13,15). The molecule has 0 bridgehead atoms. The van der Waals surface area contributed by atoms with Gasteiger partial charge in [-0.2, -0.15) is 0 Å². The molecule has 1 fully saturated rings. The van der Waals surface area contributed by atoms with E-state index in [2.05, 4.69) is 21.2 Å². The van der Waals surface area contributed by atoms with Crippen LogP contribution in [0, 0.1) is 23.0 Å². The molecule has 5 nitrogen and oxygen atoms in total. The maximum absolute atomic E-state index is 11.6. The van der Waals surface area contributed by atoms with E-state index in [-0.39, 0.29) is 17.5 Å². The number of halogens is 1. The predicted octanol–water partition coefficient (Wildman–Crippen LogP) is 3.01. The number of nitrogens with one attached hydrogen (secondary N) is 1. The van der Waals surface area contributed by atoms with Crippen molar-refractivity contribution in [2.45, 2.75) is 19.8 Å². The Balaban J connectivity index is 2.29. The zero-order chi connectivity index (χ0) is 12.6. The summed E-state index contributed by atoms with van der Waals surface area (Å²) in [6.45, 7) is 1.66. The topological polar surface area (TPSA) is 72.2 Å². The van der Waals surface area contributed by atoms with Crippen LogP contribution in [-0.2, 0) is 4.79 Å². The Labute approximate surface area is 106 Å². The smallest absolute Gasteiger partial charge is 0.274 e. The fourth-order valence-electron chi connectivity index (χ4n) is 1.53. The lowest BCUT2D eigenvalue weighted by atomic mass is 10.2. The van der Waals surface area contributed by atoms with Crippen molar-refractivity contribution in [2.75, 3.05) is 5.32 Å². The van der Waals surface area contributed by atoms with Gasteiger partial charge in [0, 0.05) is 22.0 Å². The van der Waals surface area contributed by atoms with Gasteiger partial charge in [-0.3, -0.25) is 14.9 Å². The highest BCUT2D eigenvalue weighted by molar-refractivity contribution is 9.10. The monoisotopic (exact) mass is 298 g/mol. The van der Waals surface area contributed by atoms with Gasteiger partial charge in [0.15, 0.2) is 0 Å². The first-order valence-corrected chi connectivity index (χ1v) is 6.03. The van der Waals surface area contributed by atoms with E-state index in [0.717, 1.165) is 12.8 Å². The maximum atomic E-state index is 11.6. The molecule has 1 amide bonds. The Bertz CT molecular complexity index is 498. The number of hydrogen-bond donors (Lipinski definition) is 1. The summed E-state index contributed by atoms with van der Waals surface area (Å²) in [6.07, 6.45) is 1.80. The number of hydrogen-bond acceptors (Lipinski definition) is 3. The molecule has 6 heteroatoms. The molecule has 0 heterocycles. The zero-order valence-corrected chi connectivity index (χ0v) is 10.8. The first-order valence-electron chi connectivity index (χ1n) is 5.24. The average Bonchev–Trinajstić information content (AvgIpc) is 3.04. The third-order valence-electron chi connectivity index (χ3n) is 2.69. The first-order chi connectivity index (χ1) is 7.99. The molecule has 1 saturated carbocycles. The molecule has 0 spiro atoms. The highest BCUT2D eigenvalue weighted by Crippen LogP contribution is 2.34. The Morgan fingerprint density at radius 2 is 2.18 bits per heavy atom. The van der Waals surface area contributed by atoms with Crippen molar-refractivity contribution < 1.29 is 9.72 Å². The molecule has 2 rings (SSSR count). The van der Waals surface area contributed by atoms with Crippen molar-refractivity contribution in [1.82, 2.24) is 0 Å². The van der Waals surface area contributed by atoms with Gasteiger partial charge in [-0.15, -0.1) is 0 Å². The van der Waals surface area contributed by atoms with Crippen LogP contribution in [0.1, 0.15) is 18.4 Å².